The third-order valence-corrected chi connectivity index (χ3v) is 7.89. The predicted octanol–water partition coefficient (Wildman–Crippen LogP) is 5.54. The number of hydrogen-bond donors (Lipinski definition) is 0. The van der Waals surface area contributed by atoms with Crippen molar-refractivity contribution in [1.29, 1.82) is 0 Å². The highest BCUT2D eigenvalue weighted by Crippen LogP contribution is 2.60. The van der Waals surface area contributed by atoms with E-state index in [4.69, 9.17) is 4.74 Å². The molecule has 0 heterocycles. The smallest absolute Gasteiger partial charge is 0.306 e. The lowest BCUT2D eigenvalue weighted by Crippen LogP contribution is -2.43. The third-order valence-electron chi connectivity index (χ3n) is 7.89. The maximum Gasteiger partial charge on any atom is 0.306 e. The molecule has 3 nitrogen and oxygen atoms in total. The zero-order chi connectivity index (χ0) is 19.0. The van der Waals surface area contributed by atoms with Gasteiger partial charge in [0.1, 0.15) is 6.10 Å². The van der Waals surface area contributed by atoms with Gasteiger partial charge in [-0.05, 0) is 62.9 Å². The second kappa shape index (κ2) is 7.56. The summed E-state index contributed by atoms with van der Waals surface area (Å²) in [6.07, 6.45) is 15.4. The van der Waals surface area contributed by atoms with E-state index >= 15 is 0 Å². The van der Waals surface area contributed by atoms with Gasteiger partial charge in [-0.2, -0.15) is 0 Å². The molecule has 0 unspecified atom stereocenters. The summed E-state index contributed by atoms with van der Waals surface area (Å²) in [5.74, 6) is 2.09. The standard InChI is InChI=1S/C24H34O3/c1-3-4-5-6-23(26)27-22-12-11-21-20-9-7-16-15-17(25)8-10-18(16)19(20)13-14-24(21,22)2/h13,15,18,20-22H,3-12,14H2,1-2H3/t18-,20+,21-,22-,24-/m0/s1. The van der Waals surface area contributed by atoms with Crippen molar-refractivity contribution in [3.05, 3.63) is 23.3 Å². The summed E-state index contributed by atoms with van der Waals surface area (Å²) in [6.45, 7) is 4.52. The zero-order valence-corrected chi connectivity index (χ0v) is 17.0. The van der Waals surface area contributed by atoms with E-state index in [2.05, 4.69) is 19.9 Å². The van der Waals surface area contributed by atoms with Gasteiger partial charge in [-0.1, -0.05) is 43.9 Å². The fourth-order valence-corrected chi connectivity index (χ4v) is 6.39. The quantitative estimate of drug-likeness (QED) is 0.362. The molecule has 4 aliphatic carbocycles. The van der Waals surface area contributed by atoms with Crippen LogP contribution in [0.2, 0.25) is 0 Å². The second-order valence-corrected chi connectivity index (χ2v) is 9.46. The van der Waals surface area contributed by atoms with Gasteiger partial charge in [-0.15, -0.1) is 0 Å². The van der Waals surface area contributed by atoms with Gasteiger partial charge in [0, 0.05) is 24.2 Å². The van der Waals surface area contributed by atoms with Crippen LogP contribution in [0, 0.1) is 23.2 Å². The van der Waals surface area contributed by atoms with Gasteiger partial charge in [-0.3, -0.25) is 9.59 Å². The van der Waals surface area contributed by atoms with E-state index < -0.39 is 0 Å². The van der Waals surface area contributed by atoms with E-state index in [0.29, 0.717) is 36.4 Å². The minimum Gasteiger partial charge on any atom is -0.462 e. The monoisotopic (exact) mass is 370 g/mol. The molecule has 3 heteroatoms. The van der Waals surface area contributed by atoms with Crippen LogP contribution >= 0.6 is 0 Å². The first-order valence-electron chi connectivity index (χ1n) is 11.2. The summed E-state index contributed by atoms with van der Waals surface area (Å²) in [4.78, 5) is 24.1. The van der Waals surface area contributed by atoms with Crippen LogP contribution in [-0.2, 0) is 14.3 Å². The molecule has 0 aromatic carbocycles. The van der Waals surface area contributed by atoms with Crippen molar-refractivity contribution >= 4 is 11.8 Å². The van der Waals surface area contributed by atoms with Crippen LogP contribution < -0.4 is 0 Å². The van der Waals surface area contributed by atoms with Gasteiger partial charge >= 0.3 is 5.97 Å². The number of carbonyl (C=O) groups excluding carboxylic acids is 2. The van der Waals surface area contributed by atoms with Gasteiger partial charge in [0.2, 0.25) is 0 Å². The molecule has 0 spiro atoms. The Balaban J connectivity index is 1.48. The summed E-state index contributed by atoms with van der Waals surface area (Å²) in [7, 11) is 0. The van der Waals surface area contributed by atoms with Crippen molar-refractivity contribution in [3.8, 4) is 0 Å². The molecular weight excluding hydrogens is 336 g/mol. The SMILES string of the molecule is CCCCCC(=O)O[C@H]1CC[C@H]2[C@@H]3CCC4=CC(=O)CC[C@@H]4C3=CC[C@]12C. The lowest BCUT2D eigenvalue weighted by molar-refractivity contribution is -0.155. The number of esters is 1. The summed E-state index contributed by atoms with van der Waals surface area (Å²) >= 11 is 0. The minimum atomic E-state index is 0.00441. The Morgan fingerprint density at radius 1 is 1.19 bits per heavy atom. The normalized spacial score (nSPS) is 37.6. The maximum atomic E-state index is 12.3. The van der Waals surface area contributed by atoms with Crippen LogP contribution in [-0.4, -0.2) is 17.9 Å². The highest BCUT2D eigenvalue weighted by Gasteiger charge is 2.55. The third kappa shape index (κ3) is 3.43. The van der Waals surface area contributed by atoms with Crippen LogP contribution in [0.4, 0.5) is 0 Å². The second-order valence-electron chi connectivity index (χ2n) is 9.46. The van der Waals surface area contributed by atoms with E-state index in [-0.39, 0.29) is 17.5 Å². The van der Waals surface area contributed by atoms with E-state index in [1.807, 2.05) is 6.08 Å². The number of rotatable bonds is 5. The summed E-state index contributed by atoms with van der Waals surface area (Å²) in [5.41, 5.74) is 3.09. The molecule has 4 aliphatic rings. The number of ketones is 1. The number of fused-ring (bicyclic) bond motifs is 5. The first-order valence-corrected chi connectivity index (χ1v) is 11.2. The fraction of sp³-hybridized carbons (Fsp3) is 0.750. The molecule has 0 N–H and O–H groups in total. The van der Waals surface area contributed by atoms with E-state index in [0.717, 1.165) is 44.9 Å². The van der Waals surface area contributed by atoms with E-state index in [1.54, 1.807) is 5.57 Å². The maximum absolute atomic E-state index is 12.3. The molecule has 0 radical (unpaired) electrons. The zero-order valence-electron chi connectivity index (χ0n) is 17.0. The van der Waals surface area contributed by atoms with Crippen molar-refractivity contribution in [2.45, 2.75) is 90.6 Å². The minimum absolute atomic E-state index is 0.00441. The molecule has 0 amide bonds. The van der Waals surface area contributed by atoms with Crippen LogP contribution in [0.1, 0.15) is 84.5 Å². The molecule has 0 aliphatic heterocycles. The molecule has 0 aromatic rings. The number of unbranched alkanes of at least 4 members (excludes halogenated alkanes) is 2. The highest BCUT2D eigenvalue weighted by molar-refractivity contribution is 5.91. The molecule has 2 fully saturated rings. The van der Waals surface area contributed by atoms with Crippen molar-refractivity contribution in [3.63, 3.8) is 0 Å². The number of carbonyl (C=O) groups is 2. The van der Waals surface area contributed by atoms with Crippen molar-refractivity contribution in [2.75, 3.05) is 0 Å². The Hall–Kier alpha value is -1.38. The first-order chi connectivity index (χ1) is 13.0. The number of allylic oxidation sites excluding steroid dienone is 4. The molecule has 0 saturated heterocycles. The topological polar surface area (TPSA) is 43.4 Å². The first kappa shape index (κ1) is 19.0. The van der Waals surface area contributed by atoms with Crippen molar-refractivity contribution < 1.29 is 14.3 Å². The molecule has 0 aromatic heterocycles. The fourth-order valence-electron chi connectivity index (χ4n) is 6.39. The molecule has 2 saturated carbocycles. The van der Waals surface area contributed by atoms with Crippen LogP contribution in [0.15, 0.2) is 23.3 Å². The number of hydrogen-bond acceptors (Lipinski definition) is 3. The Morgan fingerprint density at radius 2 is 2.04 bits per heavy atom. The van der Waals surface area contributed by atoms with Crippen LogP contribution in [0.25, 0.3) is 0 Å². The highest BCUT2D eigenvalue weighted by atomic mass is 16.5. The van der Waals surface area contributed by atoms with Gasteiger partial charge in [-0.25, -0.2) is 0 Å². The molecule has 27 heavy (non-hydrogen) atoms. The molecule has 4 rings (SSSR count). The lowest BCUT2D eigenvalue weighted by Gasteiger charge is -2.49. The van der Waals surface area contributed by atoms with E-state index in [1.165, 1.54) is 18.4 Å². The average molecular weight is 371 g/mol. The number of ether oxygens (including phenoxy) is 1. The van der Waals surface area contributed by atoms with Crippen molar-refractivity contribution in [2.24, 2.45) is 23.2 Å². The van der Waals surface area contributed by atoms with E-state index in [9.17, 15) is 9.59 Å². The molecule has 0 bridgehead atoms. The average Bonchev–Trinajstić information content (AvgIpc) is 2.98. The van der Waals surface area contributed by atoms with Crippen LogP contribution in [0.3, 0.4) is 0 Å². The summed E-state index contributed by atoms with van der Waals surface area (Å²) in [6, 6.07) is 0. The summed E-state index contributed by atoms with van der Waals surface area (Å²) < 4.78 is 6.01. The summed E-state index contributed by atoms with van der Waals surface area (Å²) in [5, 5.41) is 0. The van der Waals surface area contributed by atoms with Crippen molar-refractivity contribution in [1.82, 2.24) is 0 Å². The van der Waals surface area contributed by atoms with Gasteiger partial charge in [0.15, 0.2) is 5.78 Å². The Labute approximate surface area is 163 Å². The van der Waals surface area contributed by atoms with Gasteiger partial charge in [0.25, 0.3) is 0 Å². The Kier molecular flexibility index (Phi) is 5.31. The van der Waals surface area contributed by atoms with Gasteiger partial charge in [0.05, 0.1) is 0 Å². The lowest BCUT2D eigenvalue weighted by atomic mass is 9.56. The largest absolute Gasteiger partial charge is 0.462 e. The predicted molar refractivity (Wildman–Crippen MR) is 106 cm³/mol. The molecule has 5 atom stereocenters. The molecular formula is C24H34O3. The Morgan fingerprint density at radius 3 is 2.85 bits per heavy atom. The van der Waals surface area contributed by atoms with Crippen LogP contribution in [0.5, 0.6) is 0 Å². The molecule has 148 valence electrons. The van der Waals surface area contributed by atoms with Gasteiger partial charge < -0.3 is 4.74 Å². The Bertz CT molecular complexity index is 673.